The Balaban J connectivity index is 2.97. The zero-order chi connectivity index (χ0) is 13.5. The topological polar surface area (TPSA) is 70.5 Å². The van der Waals surface area contributed by atoms with Gasteiger partial charge in [-0.1, -0.05) is 19.9 Å². The highest BCUT2D eigenvalue weighted by Crippen LogP contribution is 2.10. The lowest BCUT2D eigenvalue weighted by Crippen LogP contribution is -2.37. The highest BCUT2D eigenvalue weighted by Gasteiger charge is 2.20. The van der Waals surface area contributed by atoms with E-state index >= 15 is 0 Å². The minimum atomic E-state index is -1.01. The van der Waals surface area contributed by atoms with Crippen molar-refractivity contribution in [2.75, 3.05) is 13.1 Å². The fraction of sp³-hybridized carbons (Fsp3) is 0.462. The van der Waals surface area contributed by atoms with E-state index in [1.54, 1.807) is 12.3 Å². The molecule has 0 saturated heterocycles. The number of carbonyl (C=O) groups is 2. The molecule has 1 amide bonds. The van der Waals surface area contributed by atoms with Gasteiger partial charge in [-0.2, -0.15) is 0 Å². The molecule has 5 heteroatoms. The van der Waals surface area contributed by atoms with Crippen LogP contribution in [0.25, 0.3) is 0 Å². The third-order valence-corrected chi connectivity index (χ3v) is 2.58. The summed E-state index contributed by atoms with van der Waals surface area (Å²) in [5, 5.41) is 8.82. The van der Waals surface area contributed by atoms with Crippen LogP contribution in [0.3, 0.4) is 0 Å². The number of nitrogens with zero attached hydrogens (tertiary/aromatic N) is 2. The maximum atomic E-state index is 12.3. The predicted octanol–water partition coefficient (Wildman–Crippen LogP) is 1.58. The van der Waals surface area contributed by atoms with Gasteiger partial charge in [0.2, 0.25) is 0 Å². The van der Waals surface area contributed by atoms with Crippen molar-refractivity contribution in [2.45, 2.75) is 26.7 Å². The van der Waals surface area contributed by atoms with Crippen LogP contribution in [0.15, 0.2) is 18.3 Å². The second-order valence-corrected chi connectivity index (χ2v) is 3.99. The van der Waals surface area contributed by atoms with Crippen LogP contribution < -0.4 is 0 Å². The Morgan fingerprint density at radius 3 is 2.67 bits per heavy atom. The van der Waals surface area contributed by atoms with Crippen LogP contribution in [0, 0.1) is 0 Å². The van der Waals surface area contributed by atoms with E-state index in [1.807, 2.05) is 19.9 Å². The average Bonchev–Trinajstić information content (AvgIpc) is 2.37. The molecule has 0 aliphatic rings. The normalized spacial score (nSPS) is 10.1. The smallest absolute Gasteiger partial charge is 0.323 e. The summed E-state index contributed by atoms with van der Waals surface area (Å²) in [5.74, 6) is -1.32. The lowest BCUT2D eigenvalue weighted by atomic mass is 10.1. The summed E-state index contributed by atoms with van der Waals surface area (Å²) in [4.78, 5) is 28.4. The van der Waals surface area contributed by atoms with Crippen LogP contribution in [0.5, 0.6) is 0 Å². The largest absolute Gasteiger partial charge is 0.480 e. The average molecular weight is 250 g/mol. The van der Waals surface area contributed by atoms with E-state index in [4.69, 9.17) is 5.11 Å². The molecule has 0 aliphatic heterocycles. The molecule has 0 atom stereocenters. The first kappa shape index (κ1) is 14.2. The van der Waals surface area contributed by atoms with E-state index in [2.05, 4.69) is 4.98 Å². The molecule has 0 unspecified atom stereocenters. The van der Waals surface area contributed by atoms with Gasteiger partial charge in [-0.25, -0.2) is 0 Å². The maximum Gasteiger partial charge on any atom is 0.323 e. The van der Waals surface area contributed by atoms with Gasteiger partial charge in [0.1, 0.15) is 12.2 Å². The molecule has 0 fully saturated rings. The van der Waals surface area contributed by atoms with Crippen molar-refractivity contribution >= 4 is 11.9 Å². The number of carboxylic acid groups (broad SMARTS) is 1. The first-order valence-electron chi connectivity index (χ1n) is 6.05. The molecule has 5 nitrogen and oxygen atoms in total. The van der Waals surface area contributed by atoms with Gasteiger partial charge in [0.25, 0.3) is 5.91 Å². The number of aryl methyl sites for hydroxylation is 1. The lowest BCUT2D eigenvalue weighted by molar-refractivity contribution is -0.137. The van der Waals surface area contributed by atoms with Gasteiger partial charge >= 0.3 is 5.97 Å². The van der Waals surface area contributed by atoms with Crippen molar-refractivity contribution in [3.05, 3.63) is 29.6 Å². The molecule has 1 N–H and O–H groups in total. The number of aromatic nitrogens is 1. The second-order valence-electron chi connectivity index (χ2n) is 3.99. The summed E-state index contributed by atoms with van der Waals surface area (Å²) in [6.45, 7) is 3.98. The second kappa shape index (κ2) is 6.74. The van der Waals surface area contributed by atoms with E-state index in [1.165, 1.54) is 4.90 Å². The lowest BCUT2D eigenvalue weighted by Gasteiger charge is -2.20. The third kappa shape index (κ3) is 3.55. The predicted molar refractivity (Wildman–Crippen MR) is 67.4 cm³/mol. The molecular weight excluding hydrogens is 232 g/mol. The van der Waals surface area contributed by atoms with E-state index in [0.717, 1.165) is 5.56 Å². The Kier molecular flexibility index (Phi) is 5.30. The molecule has 1 aromatic rings. The summed E-state index contributed by atoms with van der Waals surface area (Å²) in [6, 6.07) is 3.61. The fourth-order valence-electron chi connectivity index (χ4n) is 1.75. The Bertz CT molecular complexity index is 432. The van der Waals surface area contributed by atoms with Crippen molar-refractivity contribution in [2.24, 2.45) is 0 Å². The number of carboxylic acids is 1. The SMILES string of the molecule is CCCN(CC(=O)O)C(=O)c1ncccc1CC. The minimum absolute atomic E-state index is 0.285. The van der Waals surface area contributed by atoms with Gasteiger partial charge < -0.3 is 10.0 Å². The quantitative estimate of drug-likeness (QED) is 0.832. The van der Waals surface area contributed by atoms with E-state index in [9.17, 15) is 9.59 Å². The number of amides is 1. The Hall–Kier alpha value is -1.91. The van der Waals surface area contributed by atoms with E-state index < -0.39 is 5.97 Å². The Morgan fingerprint density at radius 2 is 2.11 bits per heavy atom. The summed E-state index contributed by atoms with van der Waals surface area (Å²) in [6.07, 6.45) is 2.96. The molecule has 0 aromatic carbocycles. The third-order valence-electron chi connectivity index (χ3n) is 2.58. The van der Waals surface area contributed by atoms with Crippen LogP contribution in [0.4, 0.5) is 0 Å². The maximum absolute atomic E-state index is 12.3. The number of aliphatic carboxylic acids is 1. The molecule has 0 aliphatic carbocycles. The highest BCUT2D eigenvalue weighted by molar-refractivity contribution is 5.95. The fourth-order valence-corrected chi connectivity index (χ4v) is 1.75. The van der Waals surface area contributed by atoms with Crippen LogP contribution in [-0.2, 0) is 11.2 Å². The number of hydrogen-bond donors (Lipinski definition) is 1. The molecule has 1 aromatic heterocycles. The van der Waals surface area contributed by atoms with Gasteiger partial charge in [0, 0.05) is 12.7 Å². The first-order valence-corrected chi connectivity index (χ1v) is 6.05. The number of rotatable bonds is 6. The van der Waals surface area contributed by atoms with Crippen molar-refractivity contribution in [1.82, 2.24) is 9.88 Å². The summed E-state index contributed by atoms with van der Waals surface area (Å²) in [5.41, 5.74) is 1.20. The molecule has 98 valence electrons. The molecule has 0 radical (unpaired) electrons. The Labute approximate surface area is 106 Å². The summed E-state index contributed by atoms with van der Waals surface area (Å²) >= 11 is 0. The van der Waals surface area contributed by atoms with Gasteiger partial charge in [0.05, 0.1) is 0 Å². The number of carbonyl (C=O) groups excluding carboxylic acids is 1. The van der Waals surface area contributed by atoms with E-state index in [0.29, 0.717) is 25.1 Å². The van der Waals surface area contributed by atoms with Crippen molar-refractivity contribution < 1.29 is 14.7 Å². The van der Waals surface area contributed by atoms with Crippen LogP contribution in [0.1, 0.15) is 36.3 Å². The highest BCUT2D eigenvalue weighted by atomic mass is 16.4. The van der Waals surface area contributed by atoms with Gasteiger partial charge in [-0.05, 0) is 24.5 Å². The summed E-state index contributed by atoms with van der Waals surface area (Å²) in [7, 11) is 0. The molecule has 1 heterocycles. The Morgan fingerprint density at radius 1 is 1.39 bits per heavy atom. The van der Waals surface area contributed by atoms with Crippen molar-refractivity contribution in [3.63, 3.8) is 0 Å². The monoisotopic (exact) mass is 250 g/mol. The molecule has 0 spiro atoms. The van der Waals surface area contributed by atoms with Crippen LogP contribution in [-0.4, -0.2) is 40.0 Å². The van der Waals surface area contributed by atoms with E-state index in [-0.39, 0.29) is 12.5 Å². The number of pyridine rings is 1. The standard InChI is InChI=1S/C13H18N2O3/c1-3-8-15(9-11(16)17)13(18)12-10(4-2)6-5-7-14-12/h5-7H,3-4,8-9H2,1-2H3,(H,16,17). The summed E-state index contributed by atoms with van der Waals surface area (Å²) < 4.78 is 0. The van der Waals surface area contributed by atoms with Crippen molar-refractivity contribution in [1.29, 1.82) is 0 Å². The zero-order valence-electron chi connectivity index (χ0n) is 10.7. The number of hydrogen-bond acceptors (Lipinski definition) is 3. The molecule has 0 bridgehead atoms. The van der Waals surface area contributed by atoms with Gasteiger partial charge in [-0.3, -0.25) is 14.6 Å². The first-order chi connectivity index (χ1) is 8.60. The molecule has 1 rings (SSSR count). The molecule has 0 saturated carbocycles. The van der Waals surface area contributed by atoms with Crippen LogP contribution in [0.2, 0.25) is 0 Å². The minimum Gasteiger partial charge on any atom is -0.480 e. The van der Waals surface area contributed by atoms with Gasteiger partial charge in [-0.15, -0.1) is 0 Å². The van der Waals surface area contributed by atoms with Gasteiger partial charge in [0.15, 0.2) is 0 Å². The molecular formula is C13H18N2O3. The van der Waals surface area contributed by atoms with Crippen molar-refractivity contribution in [3.8, 4) is 0 Å². The molecule has 18 heavy (non-hydrogen) atoms. The van der Waals surface area contributed by atoms with Crippen LogP contribution >= 0.6 is 0 Å². The zero-order valence-corrected chi connectivity index (χ0v) is 10.7.